The van der Waals surface area contributed by atoms with Crippen LogP contribution in [-0.2, 0) is 10.0 Å². The molecule has 41 heavy (non-hydrogen) atoms. The number of methoxy groups -OCH3 is 2. The number of hydrogen-bond acceptors (Lipinski definition) is 11. The van der Waals surface area contributed by atoms with Crippen LogP contribution in [0.5, 0.6) is 11.5 Å². The topological polar surface area (TPSA) is 183 Å². The third-order valence-electron chi connectivity index (χ3n) is 6.07. The van der Waals surface area contributed by atoms with E-state index in [-0.39, 0.29) is 10.8 Å². The van der Waals surface area contributed by atoms with Crippen LogP contribution >= 0.6 is 0 Å². The second-order valence-corrected chi connectivity index (χ2v) is 10.3. The first kappa shape index (κ1) is 25.7. The van der Waals surface area contributed by atoms with E-state index in [0.717, 1.165) is 16.3 Å². The molecule has 14 nitrogen and oxygen atoms in total. The molecule has 0 aliphatic carbocycles. The largest absolute Gasteiger partial charge is 0.493 e. The number of anilines is 5. The second kappa shape index (κ2) is 10.5. The van der Waals surface area contributed by atoms with Gasteiger partial charge in [-0.25, -0.2) is 43.4 Å². The lowest BCUT2D eigenvalue weighted by atomic mass is 10.2. The van der Waals surface area contributed by atoms with Gasteiger partial charge >= 0.3 is 5.95 Å². The average Bonchev–Trinajstić information content (AvgIpc) is 3.36. The monoisotopic (exact) mass is 571 g/mol. The van der Waals surface area contributed by atoms with Gasteiger partial charge in [-0.1, -0.05) is 4.98 Å². The first-order valence-corrected chi connectivity index (χ1v) is 13.6. The number of nitrogens with one attached hydrogen (secondary N) is 5. The Labute approximate surface area is 233 Å². The predicted octanol–water partition coefficient (Wildman–Crippen LogP) is 3.42. The summed E-state index contributed by atoms with van der Waals surface area (Å²) in [6.07, 6.45) is 7.70. The van der Waals surface area contributed by atoms with E-state index in [1.54, 1.807) is 44.8 Å². The molecule has 0 amide bonds. The maximum Gasteiger partial charge on any atom is 0.395 e. The molecule has 0 fully saturated rings. The number of sulfonamides is 1. The van der Waals surface area contributed by atoms with Gasteiger partial charge in [-0.2, -0.15) is 0 Å². The number of aromatic amines is 2. The molecule has 0 saturated carbocycles. The fraction of sp³-hybridized carbons (Fsp3) is 0.0769. The van der Waals surface area contributed by atoms with Gasteiger partial charge in [0.2, 0.25) is 11.8 Å². The van der Waals surface area contributed by atoms with Crippen LogP contribution < -0.4 is 29.8 Å². The Morgan fingerprint density at radius 1 is 0.878 bits per heavy atom. The summed E-state index contributed by atoms with van der Waals surface area (Å²) in [4.78, 5) is 27.4. The van der Waals surface area contributed by atoms with E-state index in [1.165, 1.54) is 30.9 Å². The predicted molar refractivity (Wildman–Crippen MR) is 151 cm³/mol. The molecule has 0 aliphatic rings. The molecule has 0 spiro atoms. The van der Waals surface area contributed by atoms with Crippen molar-refractivity contribution < 1.29 is 22.9 Å². The number of H-pyrrole nitrogens is 2. The molecule has 0 saturated heterocycles. The lowest BCUT2D eigenvalue weighted by Crippen LogP contribution is -2.15. The molecule has 0 atom stereocenters. The maximum atomic E-state index is 12.6. The number of rotatable bonds is 9. The van der Waals surface area contributed by atoms with Crippen LogP contribution in [0.3, 0.4) is 0 Å². The van der Waals surface area contributed by atoms with E-state index in [1.807, 2.05) is 12.1 Å². The summed E-state index contributed by atoms with van der Waals surface area (Å²) in [5.41, 5.74) is 2.78. The minimum absolute atomic E-state index is 0.00244. The fourth-order valence-corrected chi connectivity index (χ4v) is 5.12. The van der Waals surface area contributed by atoms with Crippen molar-refractivity contribution in [2.75, 3.05) is 29.6 Å². The number of ether oxygens (including phenoxy) is 2. The Hall–Kier alpha value is -5.57. The van der Waals surface area contributed by atoms with E-state index >= 15 is 0 Å². The van der Waals surface area contributed by atoms with E-state index in [0.29, 0.717) is 40.3 Å². The van der Waals surface area contributed by atoms with Crippen LogP contribution in [-0.4, -0.2) is 52.5 Å². The number of hydrogen-bond donors (Lipinski definition) is 4. The lowest BCUT2D eigenvalue weighted by molar-refractivity contribution is -0.363. The molecule has 4 aromatic heterocycles. The summed E-state index contributed by atoms with van der Waals surface area (Å²) in [6.45, 7) is 0. The van der Waals surface area contributed by atoms with Crippen LogP contribution in [0.1, 0.15) is 0 Å². The van der Waals surface area contributed by atoms with Crippen LogP contribution in [0, 0.1) is 0 Å². The number of nitrogens with zero attached hydrogens (tertiary/aromatic N) is 5. The molecule has 2 aromatic carbocycles. The summed E-state index contributed by atoms with van der Waals surface area (Å²) in [5.74, 6) is 2.17. The normalized spacial score (nSPS) is 11.4. The molecular weight excluding hydrogens is 548 g/mol. The third kappa shape index (κ3) is 5.20. The van der Waals surface area contributed by atoms with Crippen molar-refractivity contribution in [2.45, 2.75) is 4.90 Å². The summed E-state index contributed by atoms with van der Waals surface area (Å²) >= 11 is 0. The third-order valence-corrected chi connectivity index (χ3v) is 7.42. The number of fused-ring (bicyclic) bond motifs is 3. The number of benzene rings is 2. The molecule has 6 aromatic rings. The van der Waals surface area contributed by atoms with E-state index in [2.05, 4.69) is 50.2 Å². The average molecular weight is 572 g/mol. The highest BCUT2D eigenvalue weighted by molar-refractivity contribution is 7.92. The van der Waals surface area contributed by atoms with Gasteiger partial charge in [0.15, 0.2) is 11.5 Å². The Bertz CT molecular complexity index is 1950. The molecule has 0 aliphatic heterocycles. The summed E-state index contributed by atoms with van der Waals surface area (Å²) in [6, 6.07) is 11.6. The van der Waals surface area contributed by atoms with Gasteiger partial charge in [-0.05, 0) is 36.4 Å². The highest BCUT2D eigenvalue weighted by atomic mass is 32.2. The zero-order valence-electron chi connectivity index (χ0n) is 21.7. The quantitative estimate of drug-likeness (QED) is 0.199. The van der Waals surface area contributed by atoms with Gasteiger partial charge in [-0.3, -0.25) is 0 Å². The van der Waals surface area contributed by atoms with E-state index in [4.69, 9.17) is 9.47 Å². The molecule has 0 radical (unpaired) electrons. The van der Waals surface area contributed by atoms with Crippen LogP contribution in [0.25, 0.3) is 21.9 Å². The van der Waals surface area contributed by atoms with E-state index < -0.39 is 10.0 Å². The Morgan fingerprint density at radius 3 is 2.34 bits per heavy atom. The van der Waals surface area contributed by atoms with Crippen LogP contribution in [0.2, 0.25) is 0 Å². The molecule has 5 N–H and O–H groups in total. The lowest BCUT2D eigenvalue weighted by Gasteiger charge is -2.08. The van der Waals surface area contributed by atoms with Crippen molar-refractivity contribution in [3.63, 3.8) is 0 Å². The first-order chi connectivity index (χ1) is 19.9. The molecule has 0 bridgehead atoms. The van der Waals surface area contributed by atoms with Crippen molar-refractivity contribution in [2.24, 2.45) is 0 Å². The molecule has 0 unspecified atom stereocenters. The maximum absolute atomic E-state index is 12.6. The van der Waals surface area contributed by atoms with Gasteiger partial charge in [0.25, 0.3) is 10.0 Å². The van der Waals surface area contributed by atoms with E-state index in [9.17, 15) is 8.42 Å². The molecule has 6 rings (SSSR count). The SMILES string of the molecule is COc1cc2[nH]c3ncnc(Nc4ncc(Nc5ccc(S(=O)(=O)Nc6ncccn6)cc5)c[nH+]4)c3c2cc1OC. The Morgan fingerprint density at radius 2 is 1.63 bits per heavy atom. The fourth-order valence-electron chi connectivity index (χ4n) is 4.17. The standard InChI is InChI=1S/C26H22N10O4S/c1-39-20-10-18-19(11-21(20)40-2)34-23-22(18)24(32-14-31-23)35-25-29-12-16(13-30-25)33-15-4-6-17(7-5-15)41(37,38)36-26-27-8-3-9-28-26/h3-14,33H,1-2H3,(H,27,28,36)(H2,29,30,31,32,34,35)/p+1. The van der Waals surface area contributed by atoms with Gasteiger partial charge < -0.3 is 19.8 Å². The smallest absolute Gasteiger partial charge is 0.395 e. The van der Waals surface area contributed by atoms with Crippen LogP contribution in [0.4, 0.5) is 29.1 Å². The van der Waals surface area contributed by atoms with Crippen molar-refractivity contribution in [3.8, 4) is 11.5 Å². The van der Waals surface area contributed by atoms with Gasteiger partial charge in [0.05, 0.1) is 36.2 Å². The van der Waals surface area contributed by atoms with Gasteiger partial charge in [-0.15, -0.1) is 0 Å². The zero-order chi connectivity index (χ0) is 28.4. The zero-order valence-corrected chi connectivity index (χ0v) is 22.5. The van der Waals surface area contributed by atoms with Crippen molar-refractivity contribution in [1.82, 2.24) is 29.9 Å². The van der Waals surface area contributed by atoms with Crippen molar-refractivity contribution in [1.29, 1.82) is 0 Å². The number of aromatic nitrogens is 7. The Kier molecular flexibility index (Phi) is 6.60. The highest BCUT2D eigenvalue weighted by Gasteiger charge is 2.19. The first-order valence-electron chi connectivity index (χ1n) is 12.1. The molecular formula is C26H23N10O4S+. The molecule has 206 valence electrons. The minimum Gasteiger partial charge on any atom is -0.493 e. The molecule has 4 heterocycles. The highest BCUT2D eigenvalue weighted by Crippen LogP contribution is 2.37. The summed E-state index contributed by atoms with van der Waals surface area (Å²) < 4.78 is 38.4. The summed E-state index contributed by atoms with van der Waals surface area (Å²) in [5, 5.41) is 8.01. The second-order valence-electron chi connectivity index (χ2n) is 8.63. The van der Waals surface area contributed by atoms with Crippen molar-refractivity contribution >= 4 is 61.0 Å². The van der Waals surface area contributed by atoms with Crippen molar-refractivity contribution in [3.05, 3.63) is 73.6 Å². The van der Waals surface area contributed by atoms with Gasteiger partial charge in [0.1, 0.15) is 23.9 Å². The van der Waals surface area contributed by atoms with Crippen LogP contribution in [0.15, 0.2) is 78.5 Å². The summed E-state index contributed by atoms with van der Waals surface area (Å²) in [7, 11) is -0.663. The molecule has 15 heteroatoms. The Balaban J connectivity index is 1.18. The van der Waals surface area contributed by atoms with Gasteiger partial charge in [0, 0.05) is 29.5 Å². The minimum atomic E-state index is -3.83.